The number of amides is 1. The van der Waals surface area contributed by atoms with Crippen LogP contribution in [0, 0.1) is 0 Å². The molecule has 1 aromatic carbocycles. The third-order valence-electron chi connectivity index (χ3n) is 2.27. The molecule has 0 fully saturated rings. The Hall–Kier alpha value is -1.23. The van der Waals surface area contributed by atoms with Gasteiger partial charge in [-0.1, -0.05) is 18.2 Å². The molecule has 0 aromatic heterocycles. The number of carbonyl (C=O) groups is 1. The molecule has 0 aliphatic rings. The van der Waals surface area contributed by atoms with Gasteiger partial charge in [-0.05, 0) is 32.4 Å². The fourth-order valence-corrected chi connectivity index (χ4v) is 1.80. The van der Waals surface area contributed by atoms with E-state index in [1.54, 1.807) is 20.8 Å². The van der Waals surface area contributed by atoms with Gasteiger partial charge in [0, 0.05) is 5.54 Å². The van der Waals surface area contributed by atoms with E-state index in [-0.39, 0.29) is 5.56 Å². The second kappa shape index (κ2) is 5.41. The maximum atomic E-state index is 12.8. The van der Waals surface area contributed by atoms with E-state index in [1.807, 2.05) is 0 Å². The van der Waals surface area contributed by atoms with E-state index in [0.29, 0.717) is 0 Å². The van der Waals surface area contributed by atoms with E-state index in [0.717, 1.165) is 6.07 Å². The van der Waals surface area contributed by atoms with Crippen molar-refractivity contribution < 1.29 is 18.0 Å². The molecule has 0 bridgehead atoms. The maximum Gasteiger partial charge on any atom is 0.416 e. The van der Waals surface area contributed by atoms with Crippen LogP contribution in [0.25, 0.3) is 0 Å². The van der Waals surface area contributed by atoms with Crippen molar-refractivity contribution in [3.05, 3.63) is 35.4 Å². The van der Waals surface area contributed by atoms with Gasteiger partial charge in [0.05, 0.1) is 5.56 Å². The first-order chi connectivity index (χ1) is 8.52. The Balaban J connectivity index is 3.07. The van der Waals surface area contributed by atoms with E-state index in [9.17, 15) is 18.0 Å². The molecule has 0 aliphatic heterocycles. The zero-order valence-corrected chi connectivity index (χ0v) is 11.6. The predicted molar refractivity (Wildman–Crippen MR) is 67.9 cm³/mol. The number of halogens is 4. The second-order valence-electron chi connectivity index (χ2n) is 5.19. The topological polar surface area (TPSA) is 29.1 Å². The van der Waals surface area contributed by atoms with Gasteiger partial charge in [-0.2, -0.15) is 13.2 Å². The van der Waals surface area contributed by atoms with Crippen LogP contribution in [0.3, 0.4) is 0 Å². The molecule has 1 amide bonds. The van der Waals surface area contributed by atoms with E-state index >= 15 is 0 Å². The molecule has 1 N–H and O–H groups in total. The Morgan fingerprint density at radius 2 is 1.74 bits per heavy atom. The fraction of sp³-hybridized carbons (Fsp3) is 0.462. The first-order valence-electron chi connectivity index (χ1n) is 5.64. The lowest BCUT2D eigenvalue weighted by atomic mass is 10.0. The van der Waals surface area contributed by atoms with Gasteiger partial charge in [0.2, 0.25) is 5.91 Å². The van der Waals surface area contributed by atoms with Crippen LogP contribution in [0.1, 0.15) is 37.3 Å². The zero-order chi connectivity index (χ0) is 14.8. The molecule has 0 saturated carbocycles. The minimum absolute atomic E-state index is 0.238. The van der Waals surface area contributed by atoms with Crippen molar-refractivity contribution in [2.75, 3.05) is 0 Å². The Kier molecular flexibility index (Phi) is 4.50. The Bertz CT molecular complexity index is 466. The smallest absolute Gasteiger partial charge is 0.350 e. The minimum atomic E-state index is -4.54. The van der Waals surface area contributed by atoms with Crippen LogP contribution in [0.4, 0.5) is 13.2 Å². The van der Waals surface area contributed by atoms with Crippen molar-refractivity contribution in [3.63, 3.8) is 0 Å². The van der Waals surface area contributed by atoms with Crippen molar-refractivity contribution >= 4 is 17.5 Å². The lowest BCUT2D eigenvalue weighted by Gasteiger charge is -2.23. The highest BCUT2D eigenvalue weighted by molar-refractivity contribution is 6.31. The van der Waals surface area contributed by atoms with Crippen LogP contribution < -0.4 is 5.32 Å². The van der Waals surface area contributed by atoms with Crippen molar-refractivity contribution in [1.29, 1.82) is 0 Å². The van der Waals surface area contributed by atoms with E-state index in [2.05, 4.69) is 5.32 Å². The van der Waals surface area contributed by atoms with Crippen LogP contribution in [0.5, 0.6) is 0 Å². The summed E-state index contributed by atoms with van der Waals surface area (Å²) < 4.78 is 38.5. The maximum absolute atomic E-state index is 12.8. The predicted octanol–water partition coefficient (Wildman–Crippen LogP) is 3.90. The van der Waals surface area contributed by atoms with Crippen molar-refractivity contribution in [2.24, 2.45) is 0 Å². The molecule has 1 atom stereocenters. The number of benzene rings is 1. The van der Waals surface area contributed by atoms with Gasteiger partial charge in [-0.25, -0.2) is 0 Å². The molecule has 1 rings (SSSR count). The summed E-state index contributed by atoms with van der Waals surface area (Å²) in [5.74, 6) is -0.647. The molecule has 19 heavy (non-hydrogen) atoms. The van der Waals surface area contributed by atoms with Crippen molar-refractivity contribution in [1.82, 2.24) is 5.32 Å². The summed E-state index contributed by atoms with van der Waals surface area (Å²) in [7, 11) is 0. The lowest BCUT2D eigenvalue weighted by Crippen LogP contribution is -2.42. The molecule has 0 spiro atoms. The Morgan fingerprint density at radius 1 is 1.21 bits per heavy atom. The first kappa shape index (κ1) is 15.8. The monoisotopic (exact) mass is 293 g/mol. The van der Waals surface area contributed by atoms with E-state index in [4.69, 9.17) is 11.6 Å². The summed E-state index contributed by atoms with van der Waals surface area (Å²) >= 11 is 5.86. The van der Waals surface area contributed by atoms with Crippen LogP contribution in [0.2, 0.25) is 0 Å². The summed E-state index contributed by atoms with van der Waals surface area (Å²) in [5.41, 5.74) is -1.69. The Labute approximate surface area is 114 Å². The molecule has 6 heteroatoms. The SMILES string of the molecule is CC(C)(C)NC(=O)C(Cl)c1ccccc1C(F)(F)F. The molecule has 0 heterocycles. The van der Waals surface area contributed by atoms with Crippen molar-refractivity contribution in [3.8, 4) is 0 Å². The van der Waals surface area contributed by atoms with E-state index in [1.165, 1.54) is 18.2 Å². The molecular weight excluding hydrogens is 279 g/mol. The summed E-state index contributed by atoms with van der Waals surface area (Å²) in [6.45, 7) is 5.18. The summed E-state index contributed by atoms with van der Waals surface area (Å²) in [4.78, 5) is 11.8. The average molecular weight is 294 g/mol. The van der Waals surface area contributed by atoms with Gasteiger partial charge in [-0.3, -0.25) is 4.79 Å². The van der Waals surface area contributed by atoms with Gasteiger partial charge < -0.3 is 5.32 Å². The minimum Gasteiger partial charge on any atom is -0.350 e. The molecule has 1 aromatic rings. The highest BCUT2D eigenvalue weighted by Crippen LogP contribution is 2.36. The lowest BCUT2D eigenvalue weighted by molar-refractivity contribution is -0.138. The summed E-state index contributed by atoms with van der Waals surface area (Å²) in [6.07, 6.45) is -4.54. The molecule has 0 aliphatic carbocycles. The van der Waals surface area contributed by atoms with Crippen LogP contribution >= 0.6 is 11.6 Å². The zero-order valence-electron chi connectivity index (χ0n) is 10.8. The molecule has 1 unspecified atom stereocenters. The number of carbonyl (C=O) groups excluding carboxylic acids is 1. The van der Waals surface area contributed by atoms with Crippen LogP contribution in [0.15, 0.2) is 24.3 Å². The Morgan fingerprint density at radius 3 is 2.21 bits per heavy atom. The third-order valence-corrected chi connectivity index (χ3v) is 2.70. The average Bonchev–Trinajstić information content (AvgIpc) is 2.24. The molecule has 106 valence electrons. The number of hydrogen-bond acceptors (Lipinski definition) is 1. The quantitative estimate of drug-likeness (QED) is 0.823. The van der Waals surface area contributed by atoms with Crippen molar-refractivity contribution in [2.45, 2.75) is 37.9 Å². The first-order valence-corrected chi connectivity index (χ1v) is 6.08. The highest BCUT2D eigenvalue weighted by Gasteiger charge is 2.36. The second-order valence-corrected chi connectivity index (χ2v) is 5.62. The normalized spacial score (nSPS) is 14.1. The number of nitrogens with one attached hydrogen (secondary N) is 1. The fourth-order valence-electron chi connectivity index (χ4n) is 1.55. The highest BCUT2D eigenvalue weighted by atomic mass is 35.5. The van der Waals surface area contributed by atoms with Gasteiger partial charge in [0.1, 0.15) is 5.38 Å². The molecule has 0 saturated heterocycles. The van der Waals surface area contributed by atoms with E-state index < -0.39 is 28.6 Å². The standard InChI is InChI=1S/C13H15ClF3NO/c1-12(2,3)18-11(19)10(14)8-6-4-5-7-9(8)13(15,16)17/h4-7,10H,1-3H3,(H,18,19). The van der Waals surface area contributed by atoms with Gasteiger partial charge >= 0.3 is 6.18 Å². The molecule has 2 nitrogen and oxygen atoms in total. The van der Waals surface area contributed by atoms with Gasteiger partial charge in [0.15, 0.2) is 0 Å². The number of rotatable bonds is 2. The summed E-state index contributed by atoms with van der Waals surface area (Å²) in [6, 6.07) is 4.81. The van der Waals surface area contributed by atoms with Gasteiger partial charge in [-0.15, -0.1) is 11.6 Å². The third kappa shape index (κ3) is 4.42. The number of hydrogen-bond donors (Lipinski definition) is 1. The molecular formula is C13H15ClF3NO. The summed E-state index contributed by atoms with van der Waals surface area (Å²) in [5, 5.41) is 1.18. The van der Waals surface area contributed by atoms with Crippen LogP contribution in [-0.4, -0.2) is 11.4 Å². The largest absolute Gasteiger partial charge is 0.416 e. The number of alkyl halides is 4. The van der Waals surface area contributed by atoms with Crippen LogP contribution in [-0.2, 0) is 11.0 Å². The molecule has 0 radical (unpaired) electrons. The van der Waals surface area contributed by atoms with Gasteiger partial charge in [0.25, 0.3) is 0 Å².